The third-order valence-electron chi connectivity index (χ3n) is 2.52. The molecule has 3 rings (SSSR count). The fourth-order valence-corrected chi connectivity index (χ4v) is 1.92. The Morgan fingerprint density at radius 1 is 1.17 bits per heavy atom. The van der Waals surface area contributed by atoms with Crippen LogP contribution in [0.15, 0.2) is 24.4 Å². The number of benzene rings is 1. The Hall–Kier alpha value is -1.44. The molecule has 1 aliphatic heterocycles. The Morgan fingerprint density at radius 3 is 3.17 bits per heavy atom. The number of nitrogens with one attached hydrogen (secondary N) is 2. The van der Waals surface area contributed by atoms with Gasteiger partial charge in [0.2, 0.25) is 0 Å². The van der Waals surface area contributed by atoms with E-state index in [1.165, 1.54) is 22.2 Å². The Labute approximate surface area is 70.6 Å². The first-order chi connectivity index (χ1) is 5.95. The molecule has 0 spiro atoms. The third kappa shape index (κ3) is 0.644. The average Bonchev–Trinajstić information content (AvgIpc) is 2.71. The minimum absolute atomic E-state index is 1.08. The van der Waals surface area contributed by atoms with Crippen LogP contribution in [-0.2, 0) is 6.42 Å². The number of rotatable bonds is 0. The van der Waals surface area contributed by atoms with Crippen molar-refractivity contribution >= 4 is 16.6 Å². The second-order valence-corrected chi connectivity index (χ2v) is 3.22. The van der Waals surface area contributed by atoms with Crippen LogP contribution in [0.5, 0.6) is 0 Å². The van der Waals surface area contributed by atoms with Crippen LogP contribution in [0.3, 0.4) is 0 Å². The predicted octanol–water partition coefficient (Wildman–Crippen LogP) is 2.14. The van der Waals surface area contributed by atoms with Gasteiger partial charge in [0.25, 0.3) is 0 Å². The number of hydrogen-bond donors (Lipinski definition) is 2. The molecule has 0 radical (unpaired) electrons. The van der Waals surface area contributed by atoms with E-state index < -0.39 is 0 Å². The molecule has 2 N–H and O–H groups in total. The van der Waals surface area contributed by atoms with Crippen molar-refractivity contribution in [1.29, 1.82) is 0 Å². The average molecular weight is 158 g/mol. The van der Waals surface area contributed by atoms with Crippen LogP contribution in [0.2, 0.25) is 0 Å². The SMILES string of the molecule is c1cc2c3c(ccc2[nH]1)CCN3. The molecule has 2 heteroatoms. The second-order valence-electron chi connectivity index (χ2n) is 3.22. The summed E-state index contributed by atoms with van der Waals surface area (Å²) in [6.45, 7) is 1.08. The largest absolute Gasteiger partial charge is 0.384 e. The summed E-state index contributed by atoms with van der Waals surface area (Å²) in [4.78, 5) is 3.21. The lowest BCUT2D eigenvalue weighted by atomic mass is 10.1. The molecular formula is C10H10N2. The van der Waals surface area contributed by atoms with E-state index in [1.807, 2.05) is 6.20 Å². The van der Waals surface area contributed by atoms with Gasteiger partial charge in [-0.25, -0.2) is 0 Å². The molecule has 0 saturated carbocycles. The highest BCUT2D eigenvalue weighted by Gasteiger charge is 2.12. The molecule has 0 amide bonds. The molecule has 60 valence electrons. The standard InChI is InChI=1S/C10H10N2/c1-2-9-8(4-6-11-9)10-7(1)3-5-12-10/h1-2,4,6,11-12H,3,5H2. The maximum atomic E-state index is 3.41. The number of hydrogen-bond acceptors (Lipinski definition) is 1. The molecular weight excluding hydrogens is 148 g/mol. The van der Waals surface area contributed by atoms with Crippen molar-refractivity contribution in [2.24, 2.45) is 0 Å². The quantitative estimate of drug-likeness (QED) is 0.604. The molecule has 0 aliphatic carbocycles. The smallest absolute Gasteiger partial charge is 0.0475 e. The van der Waals surface area contributed by atoms with Gasteiger partial charge in [0.15, 0.2) is 0 Å². The lowest BCUT2D eigenvalue weighted by molar-refractivity contribution is 1.11. The first-order valence-corrected chi connectivity index (χ1v) is 4.28. The van der Waals surface area contributed by atoms with Crippen LogP contribution in [0.25, 0.3) is 10.9 Å². The number of aromatic nitrogens is 1. The summed E-state index contributed by atoms with van der Waals surface area (Å²) in [5.41, 5.74) is 4.00. The summed E-state index contributed by atoms with van der Waals surface area (Å²) < 4.78 is 0. The molecule has 0 saturated heterocycles. The minimum atomic E-state index is 1.08. The number of fused-ring (bicyclic) bond motifs is 3. The van der Waals surface area contributed by atoms with Crippen molar-refractivity contribution in [2.45, 2.75) is 6.42 Å². The highest BCUT2D eigenvalue weighted by Crippen LogP contribution is 2.30. The van der Waals surface area contributed by atoms with E-state index >= 15 is 0 Å². The molecule has 0 atom stereocenters. The molecule has 2 aromatic rings. The van der Waals surface area contributed by atoms with Crippen molar-refractivity contribution in [1.82, 2.24) is 4.98 Å². The van der Waals surface area contributed by atoms with E-state index in [4.69, 9.17) is 0 Å². The molecule has 2 nitrogen and oxygen atoms in total. The first-order valence-electron chi connectivity index (χ1n) is 4.28. The normalized spacial score (nSPS) is 14.7. The van der Waals surface area contributed by atoms with Crippen molar-refractivity contribution in [3.8, 4) is 0 Å². The highest BCUT2D eigenvalue weighted by atomic mass is 14.9. The monoisotopic (exact) mass is 158 g/mol. The Morgan fingerprint density at radius 2 is 2.17 bits per heavy atom. The Bertz CT molecular complexity index is 428. The van der Waals surface area contributed by atoms with Gasteiger partial charge in [-0.1, -0.05) is 6.07 Å². The van der Waals surface area contributed by atoms with Gasteiger partial charge in [-0.3, -0.25) is 0 Å². The molecule has 0 fully saturated rings. The van der Waals surface area contributed by atoms with Crippen molar-refractivity contribution in [3.63, 3.8) is 0 Å². The van der Waals surface area contributed by atoms with Gasteiger partial charge >= 0.3 is 0 Å². The zero-order valence-corrected chi connectivity index (χ0v) is 6.72. The Kier molecular flexibility index (Phi) is 1.04. The molecule has 1 aromatic heterocycles. The van der Waals surface area contributed by atoms with E-state index in [-0.39, 0.29) is 0 Å². The van der Waals surface area contributed by atoms with E-state index in [2.05, 4.69) is 28.5 Å². The van der Waals surface area contributed by atoms with Crippen molar-refractivity contribution in [2.75, 3.05) is 11.9 Å². The van der Waals surface area contributed by atoms with Gasteiger partial charge in [-0.15, -0.1) is 0 Å². The summed E-state index contributed by atoms with van der Waals surface area (Å²) in [6.07, 6.45) is 3.15. The number of aromatic amines is 1. The minimum Gasteiger partial charge on any atom is -0.384 e. The summed E-state index contributed by atoms with van der Waals surface area (Å²) in [5.74, 6) is 0. The molecule has 2 heterocycles. The first kappa shape index (κ1) is 6.12. The Balaban J connectivity index is 2.46. The van der Waals surface area contributed by atoms with Crippen LogP contribution in [-0.4, -0.2) is 11.5 Å². The lowest BCUT2D eigenvalue weighted by Crippen LogP contribution is -1.91. The van der Waals surface area contributed by atoms with Crippen LogP contribution in [0.1, 0.15) is 5.56 Å². The van der Waals surface area contributed by atoms with E-state index in [0.717, 1.165) is 13.0 Å². The number of anilines is 1. The van der Waals surface area contributed by atoms with Gasteiger partial charge in [0, 0.05) is 29.3 Å². The van der Waals surface area contributed by atoms with Crippen LogP contribution >= 0.6 is 0 Å². The lowest BCUT2D eigenvalue weighted by Gasteiger charge is -2.00. The summed E-state index contributed by atoms with van der Waals surface area (Å²) >= 11 is 0. The molecule has 0 bridgehead atoms. The fraction of sp³-hybridized carbons (Fsp3) is 0.200. The van der Waals surface area contributed by atoms with Gasteiger partial charge in [-0.2, -0.15) is 0 Å². The van der Waals surface area contributed by atoms with Crippen LogP contribution < -0.4 is 5.32 Å². The molecule has 0 unspecified atom stereocenters. The zero-order valence-electron chi connectivity index (χ0n) is 6.72. The summed E-state index contributed by atoms with van der Waals surface area (Å²) in [5, 5.41) is 4.73. The number of H-pyrrole nitrogens is 1. The van der Waals surface area contributed by atoms with Crippen LogP contribution in [0, 0.1) is 0 Å². The van der Waals surface area contributed by atoms with Gasteiger partial charge in [0.05, 0.1) is 0 Å². The summed E-state index contributed by atoms with van der Waals surface area (Å²) in [6, 6.07) is 6.49. The maximum absolute atomic E-state index is 3.41. The van der Waals surface area contributed by atoms with Gasteiger partial charge in [0.1, 0.15) is 0 Å². The topological polar surface area (TPSA) is 27.8 Å². The zero-order chi connectivity index (χ0) is 7.97. The highest BCUT2D eigenvalue weighted by molar-refractivity contribution is 5.94. The van der Waals surface area contributed by atoms with E-state index in [0.29, 0.717) is 0 Å². The molecule has 1 aromatic carbocycles. The third-order valence-corrected chi connectivity index (χ3v) is 2.52. The van der Waals surface area contributed by atoms with Crippen molar-refractivity contribution < 1.29 is 0 Å². The van der Waals surface area contributed by atoms with Crippen LogP contribution in [0.4, 0.5) is 5.69 Å². The fourth-order valence-electron chi connectivity index (χ4n) is 1.92. The molecule has 1 aliphatic rings. The second kappa shape index (κ2) is 2.03. The molecule has 12 heavy (non-hydrogen) atoms. The van der Waals surface area contributed by atoms with E-state index in [9.17, 15) is 0 Å². The maximum Gasteiger partial charge on any atom is 0.0475 e. The predicted molar refractivity (Wildman–Crippen MR) is 50.5 cm³/mol. The van der Waals surface area contributed by atoms with Gasteiger partial charge in [-0.05, 0) is 24.1 Å². The van der Waals surface area contributed by atoms with E-state index in [1.54, 1.807) is 0 Å². The van der Waals surface area contributed by atoms with Gasteiger partial charge < -0.3 is 10.3 Å². The van der Waals surface area contributed by atoms with Crippen molar-refractivity contribution in [3.05, 3.63) is 30.0 Å². The summed E-state index contributed by atoms with van der Waals surface area (Å²) in [7, 11) is 0.